The summed E-state index contributed by atoms with van der Waals surface area (Å²) in [6.45, 7) is 18.2. The second-order valence-electron chi connectivity index (χ2n) is 6.83. The number of hydrogen-bond donors (Lipinski definition) is 0. The minimum Gasteiger partial charge on any atom is -0.103 e. The van der Waals surface area contributed by atoms with E-state index in [9.17, 15) is 0 Å². The van der Waals surface area contributed by atoms with Crippen molar-refractivity contribution in [3.05, 3.63) is 12.7 Å². The van der Waals surface area contributed by atoms with Crippen LogP contribution in [0.1, 0.15) is 73.6 Å². The minimum atomic E-state index is 0.645. The van der Waals surface area contributed by atoms with Crippen molar-refractivity contribution in [2.45, 2.75) is 73.6 Å². The van der Waals surface area contributed by atoms with Crippen LogP contribution in [0.4, 0.5) is 0 Å². The lowest BCUT2D eigenvalue weighted by molar-refractivity contribution is 0.209. The summed E-state index contributed by atoms with van der Waals surface area (Å²) < 4.78 is 0. The smallest absolute Gasteiger partial charge is 0.0236 e. The molecule has 0 amide bonds. The molecule has 0 aromatic rings. The fourth-order valence-electron chi connectivity index (χ4n) is 2.96. The Morgan fingerprint density at radius 3 is 2.06 bits per heavy atom. The molecule has 0 saturated heterocycles. The van der Waals surface area contributed by atoms with E-state index in [1.807, 2.05) is 0 Å². The highest BCUT2D eigenvalue weighted by Gasteiger charge is 2.23. The van der Waals surface area contributed by atoms with Crippen molar-refractivity contribution >= 4 is 0 Å². The molecule has 0 nitrogen and oxygen atoms in total. The lowest BCUT2D eigenvalue weighted by Gasteiger charge is -2.31. The summed E-state index contributed by atoms with van der Waals surface area (Å²) in [4.78, 5) is 0. The predicted molar refractivity (Wildman–Crippen MR) is 84.8 cm³/mol. The Bertz CT molecular complexity index is 204. The number of hydrogen-bond acceptors (Lipinski definition) is 0. The van der Waals surface area contributed by atoms with Gasteiger partial charge in [0.15, 0.2) is 0 Å². The van der Waals surface area contributed by atoms with Gasteiger partial charge in [-0.25, -0.2) is 0 Å². The van der Waals surface area contributed by atoms with Gasteiger partial charge in [-0.1, -0.05) is 66.9 Å². The van der Waals surface area contributed by atoms with E-state index in [0.29, 0.717) is 5.92 Å². The van der Waals surface area contributed by atoms with Crippen molar-refractivity contribution in [1.29, 1.82) is 0 Å². The molecule has 0 aromatic heterocycles. The van der Waals surface area contributed by atoms with Crippen molar-refractivity contribution < 1.29 is 0 Å². The third-order valence-electron chi connectivity index (χ3n) is 4.47. The van der Waals surface area contributed by atoms with Gasteiger partial charge < -0.3 is 0 Å². The van der Waals surface area contributed by atoms with E-state index in [-0.39, 0.29) is 0 Å². The SMILES string of the molecule is C=CC(C)C(C)C(CC(C)C)CC(C)CCCC. The Hall–Kier alpha value is -0.260. The summed E-state index contributed by atoms with van der Waals surface area (Å²) in [5.41, 5.74) is 0. The van der Waals surface area contributed by atoms with E-state index >= 15 is 0 Å². The molecule has 0 aliphatic carbocycles. The minimum absolute atomic E-state index is 0.645. The predicted octanol–water partition coefficient (Wildman–Crippen LogP) is 6.32. The molecule has 0 fully saturated rings. The van der Waals surface area contributed by atoms with Gasteiger partial charge in [0.05, 0.1) is 0 Å². The Morgan fingerprint density at radius 2 is 1.61 bits per heavy atom. The molecule has 0 aliphatic rings. The first-order chi connectivity index (χ1) is 8.42. The molecular weight excluding hydrogens is 216 g/mol. The molecule has 0 spiro atoms. The average molecular weight is 252 g/mol. The lowest BCUT2D eigenvalue weighted by atomic mass is 9.75. The Balaban J connectivity index is 4.42. The van der Waals surface area contributed by atoms with Crippen LogP contribution in [0.3, 0.4) is 0 Å². The zero-order chi connectivity index (χ0) is 14.1. The molecule has 108 valence electrons. The van der Waals surface area contributed by atoms with Gasteiger partial charge in [0.25, 0.3) is 0 Å². The van der Waals surface area contributed by atoms with E-state index < -0.39 is 0 Å². The highest BCUT2D eigenvalue weighted by atomic mass is 14.3. The molecule has 0 bridgehead atoms. The molecule has 0 heterocycles. The van der Waals surface area contributed by atoms with Gasteiger partial charge >= 0.3 is 0 Å². The summed E-state index contributed by atoms with van der Waals surface area (Å²) in [5, 5.41) is 0. The first-order valence-electron chi connectivity index (χ1n) is 8.04. The summed E-state index contributed by atoms with van der Waals surface area (Å²) in [6, 6.07) is 0. The normalized spacial score (nSPS) is 18.4. The maximum Gasteiger partial charge on any atom is -0.0236 e. The second kappa shape index (κ2) is 9.64. The fraction of sp³-hybridized carbons (Fsp3) is 0.889. The number of allylic oxidation sites excluding steroid dienone is 1. The molecule has 0 radical (unpaired) electrons. The third-order valence-corrected chi connectivity index (χ3v) is 4.47. The van der Waals surface area contributed by atoms with Crippen molar-refractivity contribution in [3.8, 4) is 0 Å². The van der Waals surface area contributed by atoms with Crippen LogP contribution in [-0.2, 0) is 0 Å². The van der Waals surface area contributed by atoms with Gasteiger partial charge in [-0.05, 0) is 42.4 Å². The van der Waals surface area contributed by atoms with Crippen molar-refractivity contribution in [2.75, 3.05) is 0 Å². The fourth-order valence-corrected chi connectivity index (χ4v) is 2.96. The largest absolute Gasteiger partial charge is 0.103 e. The summed E-state index contributed by atoms with van der Waals surface area (Å²) in [6.07, 6.45) is 9.03. The van der Waals surface area contributed by atoms with Crippen LogP contribution >= 0.6 is 0 Å². The number of unbranched alkanes of at least 4 members (excludes halogenated alkanes) is 1. The quantitative estimate of drug-likeness (QED) is 0.399. The van der Waals surface area contributed by atoms with Gasteiger partial charge in [-0.15, -0.1) is 6.58 Å². The van der Waals surface area contributed by atoms with Crippen molar-refractivity contribution in [3.63, 3.8) is 0 Å². The molecule has 0 heteroatoms. The van der Waals surface area contributed by atoms with Gasteiger partial charge in [0.1, 0.15) is 0 Å². The molecule has 0 aromatic carbocycles. The van der Waals surface area contributed by atoms with Crippen LogP contribution < -0.4 is 0 Å². The van der Waals surface area contributed by atoms with E-state index in [2.05, 4.69) is 54.2 Å². The zero-order valence-electron chi connectivity index (χ0n) is 13.7. The first-order valence-corrected chi connectivity index (χ1v) is 8.04. The summed E-state index contributed by atoms with van der Waals surface area (Å²) >= 11 is 0. The maximum absolute atomic E-state index is 3.97. The Kier molecular flexibility index (Phi) is 9.50. The van der Waals surface area contributed by atoms with Crippen molar-refractivity contribution in [2.24, 2.45) is 29.6 Å². The average Bonchev–Trinajstić information content (AvgIpc) is 2.33. The molecule has 18 heavy (non-hydrogen) atoms. The van der Waals surface area contributed by atoms with Crippen LogP contribution in [0.25, 0.3) is 0 Å². The summed E-state index contributed by atoms with van der Waals surface area (Å²) in [7, 11) is 0. The van der Waals surface area contributed by atoms with Crippen molar-refractivity contribution in [1.82, 2.24) is 0 Å². The van der Waals surface area contributed by atoms with Gasteiger partial charge in [-0.2, -0.15) is 0 Å². The van der Waals surface area contributed by atoms with Crippen LogP contribution in [0.15, 0.2) is 12.7 Å². The van der Waals surface area contributed by atoms with Gasteiger partial charge in [0.2, 0.25) is 0 Å². The second-order valence-corrected chi connectivity index (χ2v) is 6.83. The third kappa shape index (κ3) is 7.24. The lowest BCUT2D eigenvalue weighted by Crippen LogP contribution is -2.22. The first kappa shape index (κ1) is 17.7. The maximum atomic E-state index is 3.97. The highest BCUT2D eigenvalue weighted by Crippen LogP contribution is 2.33. The molecule has 4 atom stereocenters. The van der Waals surface area contributed by atoms with Gasteiger partial charge in [-0.3, -0.25) is 0 Å². The van der Waals surface area contributed by atoms with E-state index in [1.54, 1.807) is 0 Å². The molecular formula is C18H36. The molecule has 0 aliphatic heterocycles. The van der Waals surface area contributed by atoms with Gasteiger partial charge in [0, 0.05) is 0 Å². The Labute approximate surface area is 116 Å². The van der Waals surface area contributed by atoms with Crippen LogP contribution in [0.2, 0.25) is 0 Å². The molecule has 0 N–H and O–H groups in total. The van der Waals surface area contributed by atoms with Crippen LogP contribution in [0, 0.1) is 29.6 Å². The monoisotopic (exact) mass is 252 g/mol. The topological polar surface area (TPSA) is 0 Å². The van der Waals surface area contributed by atoms with Crippen LogP contribution in [-0.4, -0.2) is 0 Å². The molecule has 0 saturated carbocycles. The van der Waals surface area contributed by atoms with E-state index in [4.69, 9.17) is 0 Å². The van der Waals surface area contributed by atoms with Crippen LogP contribution in [0.5, 0.6) is 0 Å². The zero-order valence-corrected chi connectivity index (χ0v) is 13.7. The summed E-state index contributed by atoms with van der Waals surface area (Å²) in [5.74, 6) is 3.98. The molecule has 0 rings (SSSR count). The standard InChI is InChI=1S/C18H36/c1-8-10-11-15(5)13-18(12-14(3)4)17(7)16(6)9-2/h9,14-18H,2,8,10-13H2,1,3-7H3. The van der Waals surface area contributed by atoms with E-state index in [0.717, 1.165) is 23.7 Å². The van der Waals surface area contributed by atoms with E-state index in [1.165, 1.54) is 32.1 Å². The Morgan fingerprint density at radius 1 is 1.00 bits per heavy atom. The number of rotatable bonds is 10. The highest BCUT2D eigenvalue weighted by molar-refractivity contribution is 4.84. The molecule has 4 unspecified atom stereocenters.